The molecular formula is C16H34O. The van der Waals surface area contributed by atoms with Crippen LogP contribution in [0.3, 0.4) is 0 Å². The highest BCUT2D eigenvalue weighted by Gasteiger charge is 2.04. The molecule has 104 valence electrons. The van der Waals surface area contributed by atoms with Crippen LogP contribution in [0.1, 0.15) is 91.4 Å². The summed E-state index contributed by atoms with van der Waals surface area (Å²) in [6.07, 6.45) is 13.7. The number of aliphatic hydroxyl groups excluding tert-OH is 1. The minimum absolute atomic E-state index is 0.0339. The number of rotatable bonds is 12. The Morgan fingerprint density at radius 2 is 1.18 bits per heavy atom. The topological polar surface area (TPSA) is 20.2 Å². The molecule has 1 nitrogen and oxygen atoms in total. The van der Waals surface area contributed by atoms with Crippen LogP contribution in [0.25, 0.3) is 0 Å². The van der Waals surface area contributed by atoms with Gasteiger partial charge in [0.2, 0.25) is 0 Å². The summed E-state index contributed by atoms with van der Waals surface area (Å²) in [5.41, 5.74) is 0. The second-order valence-corrected chi connectivity index (χ2v) is 5.89. The SMILES string of the molecule is CCCCCCCCC(O)CCCCC(C)C. The molecular weight excluding hydrogens is 208 g/mol. The summed E-state index contributed by atoms with van der Waals surface area (Å²) in [6, 6.07) is 0. The van der Waals surface area contributed by atoms with Crippen LogP contribution in [-0.2, 0) is 0 Å². The average molecular weight is 242 g/mol. The maximum absolute atomic E-state index is 9.82. The van der Waals surface area contributed by atoms with Gasteiger partial charge in [-0.1, -0.05) is 78.6 Å². The van der Waals surface area contributed by atoms with Crippen molar-refractivity contribution in [1.82, 2.24) is 0 Å². The smallest absolute Gasteiger partial charge is 0.0540 e. The minimum atomic E-state index is -0.0339. The van der Waals surface area contributed by atoms with Gasteiger partial charge in [-0.25, -0.2) is 0 Å². The Balaban J connectivity index is 3.14. The van der Waals surface area contributed by atoms with Gasteiger partial charge in [0.05, 0.1) is 6.10 Å². The van der Waals surface area contributed by atoms with Gasteiger partial charge in [-0.15, -0.1) is 0 Å². The summed E-state index contributed by atoms with van der Waals surface area (Å²) in [5.74, 6) is 0.811. The molecule has 17 heavy (non-hydrogen) atoms. The highest BCUT2D eigenvalue weighted by Crippen LogP contribution is 2.14. The molecule has 1 unspecified atom stereocenters. The van der Waals surface area contributed by atoms with E-state index in [1.807, 2.05) is 0 Å². The van der Waals surface area contributed by atoms with Gasteiger partial charge in [0, 0.05) is 0 Å². The lowest BCUT2D eigenvalue weighted by Gasteiger charge is -2.10. The summed E-state index contributed by atoms with van der Waals surface area (Å²) in [6.45, 7) is 6.79. The molecule has 0 rings (SSSR count). The fourth-order valence-electron chi connectivity index (χ4n) is 2.24. The zero-order valence-corrected chi connectivity index (χ0v) is 12.4. The lowest BCUT2D eigenvalue weighted by atomic mass is 10.0. The first-order chi connectivity index (χ1) is 8.16. The van der Waals surface area contributed by atoms with Crippen LogP contribution in [0, 0.1) is 5.92 Å². The normalized spacial score (nSPS) is 13.2. The standard InChI is InChI=1S/C16H34O/c1-4-5-6-7-8-9-13-16(17)14-11-10-12-15(2)3/h15-17H,4-14H2,1-3H3. The van der Waals surface area contributed by atoms with E-state index in [9.17, 15) is 5.11 Å². The van der Waals surface area contributed by atoms with Gasteiger partial charge >= 0.3 is 0 Å². The maximum atomic E-state index is 9.82. The highest BCUT2D eigenvalue weighted by atomic mass is 16.3. The van der Waals surface area contributed by atoms with Crippen molar-refractivity contribution >= 4 is 0 Å². The maximum Gasteiger partial charge on any atom is 0.0540 e. The van der Waals surface area contributed by atoms with Crippen molar-refractivity contribution in [2.45, 2.75) is 97.5 Å². The molecule has 1 N–H and O–H groups in total. The summed E-state index contributed by atoms with van der Waals surface area (Å²) >= 11 is 0. The molecule has 0 fully saturated rings. The summed E-state index contributed by atoms with van der Waals surface area (Å²) in [5, 5.41) is 9.82. The van der Waals surface area contributed by atoms with Crippen LogP contribution in [0.2, 0.25) is 0 Å². The third kappa shape index (κ3) is 13.9. The van der Waals surface area contributed by atoms with Gasteiger partial charge in [-0.05, 0) is 18.8 Å². The molecule has 0 aromatic carbocycles. The van der Waals surface area contributed by atoms with Crippen LogP contribution in [0.15, 0.2) is 0 Å². The van der Waals surface area contributed by atoms with E-state index in [4.69, 9.17) is 0 Å². The van der Waals surface area contributed by atoms with E-state index < -0.39 is 0 Å². The first-order valence-corrected chi connectivity index (χ1v) is 7.84. The first-order valence-electron chi connectivity index (χ1n) is 7.84. The summed E-state index contributed by atoms with van der Waals surface area (Å²) < 4.78 is 0. The van der Waals surface area contributed by atoms with Crippen LogP contribution >= 0.6 is 0 Å². The van der Waals surface area contributed by atoms with Crippen molar-refractivity contribution in [3.8, 4) is 0 Å². The molecule has 0 aromatic rings. The number of unbranched alkanes of at least 4 members (excludes halogenated alkanes) is 6. The molecule has 0 radical (unpaired) electrons. The highest BCUT2D eigenvalue weighted by molar-refractivity contribution is 4.57. The number of hydrogen-bond acceptors (Lipinski definition) is 1. The van der Waals surface area contributed by atoms with E-state index in [0.717, 1.165) is 18.8 Å². The number of aliphatic hydroxyl groups is 1. The van der Waals surface area contributed by atoms with E-state index in [1.165, 1.54) is 57.8 Å². The Bertz CT molecular complexity index is 142. The molecule has 0 spiro atoms. The van der Waals surface area contributed by atoms with Gasteiger partial charge in [-0.2, -0.15) is 0 Å². The second-order valence-electron chi connectivity index (χ2n) is 5.89. The molecule has 0 aliphatic rings. The van der Waals surface area contributed by atoms with Gasteiger partial charge in [0.25, 0.3) is 0 Å². The van der Waals surface area contributed by atoms with Crippen molar-refractivity contribution < 1.29 is 5.11 Å². The van der Waals surface area contributed by atoms with E-state index in [-0.39, 0.29) is 6.10 Å². The Hall–Kier alpha value is -0.0400. The third-order valence-corrected chi connectivity index (χ3v) is 3.46. The first kappa shape index (κ1) is 17.0. The van der Waals surface area contributed by atoms with Crippen LogP contribution in [-0.4, -0.2) is 11.2 Å². The van der Waals surface area contributed by atoms with Crippen molar-refractivity contribution in [2.75, 3.05) is 0 Å². The Kier molecular flexibility index (Phi) is 12.4. The van der Waals surface area contributed by atoms with Crippen LogP contribution < -0.4 is 0 Å². The molecule has 0 saturated carbocycles. The molecule has 0 heterocycles. The lowest BCUT2D eigenvalue weighted by molar-refractivity contribution is 0.146. The zero-order chi connectivity index (χ0) is 12.9. The molecule has 0 aliphatic heterocycles. The van der Waals surface area contributed by atoms with Gasteiger partial charge in [0.1, 0.15) is 0 Å². The van der Waals surface area contributed by atoms with Crippen molar-refractivity contribution in [3.63, 3.8) is 0 Å². The molecule has 1 heteroatoms. The van der Waals surface area contributed by atoms with E-state index >= 15 is 0 Å². The second kappa shape index (κ2) is 12.4. The number of hydrogen-bond donors (Lipinski definition) is 1. The summed E-state index contributed by atoms with van der Waals surface area (Å²) in [7, 11) is 0. The van der Waals surface area contributed by atoms with Crippen molar-refractivity contribution in [2.24, 2.45) is 5.92 Å². The largest absolute Gasteiger partial charge is 0.393 e. The molecule has 0 amide bonds. The minimum Gasteiger partial charge on any atom is -0.393 e. The molecule has 1 atom stereocenters. The predicted molar refractivity (Wildman–Crippen MR) is 77.3 cm³/mol. The summed E-state index contributed by atoms with van der Waals surface area (Å²) in [4.78, 5) is 0. The zero-order valence-electron chi connectivity index (χ0n) is 12.4. The fraction of sp³-hybridized carbons (Fsp3) is 1.00. The van der Waals surface area contributed by atoms with E-state index in [0.29, 0.717) is 0 Å². The fourth-order valence-corrected chi connectivity index (χ4v) is 2.24. The average Bonchev–Trinajstić information content (AvgIpc) is 2.29. The van der Waals surface area contributed by atoms with Crippen LogP contribution in [0.5, 0.6) is 0 Å². The van der Waals surface area contributed by atoms with Crippen molar-refractivity contribution in [3.05, 3.63) is 0 Å². The van der Waals surface area contributed by atoms with E-state index in [1.54, 1.807) is 0 Å². The van der Waals surface area contributed by atoms with Gasteiger partial charge in [-0.3, -0.25) is 0 Å². The monoisotopic (exact) mass is 242 g/mol. The van der Waals surface area contributed by atoms with Gasteiger partial charge < -0.3 is 5.11 Å². The Morgan fingerprint density at radius 3 is 1.76 bits per heavy atom. The predicted octanol–water partition coefficient (Wildman–Crippen LogP) is 5.31. The third-order valence-electron chi connectivity index (χ3n) is 3.46. The van der Waals surface area contributed by atoms with Gasteiger partial charge in [0.15, 0.2) is 0 Å². The molecule has 0 aliphatic carbocycles. The van der Waals surface area contributed by atoms with Crippen LogP contribution in [0.4, 0.5) is 0 Å². The van der Waals surface area contributed by atoms with Crippen molar-refractivity contribution in [1.29, 1.82) is 0 Å². The molecule has 0 bridgehead atoms. The quantitative estimate of drug-likeness (QED) is 0.460. The van der Waals surface area contributed by atoms with E-state index in [2.05, 4.69) is 20.8 Å². The Labute approximate surface area is 109 Å². The molecule has 0 saturated heterocycles. The lowest BCUT2D eigenvalue weighted by Crippen LogP contribution is -2.06. The Morgan fingerprint density at radius 1 is 0.706 bits per heavy atom. The molecule has 0 aromatic heterocycles.